The summed E-state index contributed by atoms with van der Waals surface area (Å²) in [5.41, 5.74) is 5.45. The van der Waals surface area contributed by atoms with Crippen molar-refractivity contribution in [2.75, 3.05) is 26.3 Å². The van der Waals surface area contributed by atoms with Gasteiger partial charge in [-0.05, 0) is 19.3 Å². The summed E-state index contributed by atoms with van der Waals surface area (Å²) >= 11 is 0. The van der Waals surface area contributed by atoms with Crippen molar-refractivity contribution < 1.29 is 9.53 Å². The first kappa shape index (κ1) is 11.5. The second-order valence-electron chi connectivity index (χ2n) is 3.66. The van der Waals surface area contributed by atoms with Crippen LogP contribution in [0.3, 0.4) is 0 Å². The second kappa shape index (κ2) is 5.98. The summed E-state index contributed by atoms with van der Waals surface area (Å²) in [6, 6.07) is 0.441. The van der Waals surface area contributed by atoms with E-state index in [4.69, 9.17) is 10.5 Å². The predicted molar refractivity (Wildman–Crippen MR) is 54.9 cm³/mol. The van der Waals surface area contributed by atoms with Crippen molar-refractivity contribution >= 4 is 5.91 Å². The van der Waals surface area contributed by atoms with Gasteiger partial charge in [0.15, 0.2) is 0 Å². The quantitative estimate of drug-likeness (QED) is 0.604. The molecular weight excluding hydrogens is 180 g/mol. The van der Waals surface area contributed by atoms with Crippen molar-refractivity contribution in [1.29, 1.82) is 0 Å². The van der Waals surface area contributed by atoms with Gasteiger partial charge >= 0.3 is 0 Å². The SMILES string of the molecule is CCCOCC(=O)N(CCN)C1CC1. The van der Waals surface area contributed by atoms with E-state index in [2.05, 4.69) is 0 Å². The van der Waals surface area contributed by atoms with Crippen LogP contribution in [0.4, 0.5) is 0 Å². The van der Waals surface area contributed by atoms with Crippen LogP contribution in [-0.2, 0) is 9.53 Å². The number of rotatable bonds is 7. The standard InChI is InChI=1S/C10H20N2O2/c1-2-7-14-8-10(13)12(6-5-11)9-3-4-9/h9H,2-8,11H2,1H3. The molecule has 1 aliphatic carbocycles. The minimum atomic E-state index is 0.0893. The molecule has 0 aliphatic heterocycles. The van der Waals surface area contributed by atoms with Gasteiger partial charge in [0.05, 0.1) is 0 Å². The Morgan fingerprint density at radius 1 is 1.57 bits per heavy atom. The van der Waals surface area contributed by atoms with Crippen LogP contribution >= 0.6 is 0 Å². The highest BCUT2D eigenvalue weighted by atomic mass is 16.5. The summed E-state index contributed by atoms with van der Waals surface area (Å²) in [4.78, 5) is 13.5. The third-order valence-corrected chi connectivity index (χ3v) is 2.25. The number of nitrogens with zero attached hydrogens (tertiary/aromatic N) is 1. The molecule has 0 heterocycles. The highest BCUT2D eigenvalue weighted by molar-refractivity contribution is 5.78. The summed E-state index contributed by atoms with van der Waals surface area (Å²) < 4.78 is 5.22. The fourth-order valence-electron chi connectivity index (χ4n) is 1.42. The van der Waals surface area contributed by atoms with Crippen LogP contribution in [-0.4, -0.2) is 43.2 Å². The van der Waals surface area contributed by atoms with E-state index in [0.717, 1.165) is 19.3 Å². The zero-order valence-electron chi connectivity index (χ0n) is 8.87. The Hall–Kier alpha value is -0.610. The monoisotopic (exact) mass is 200 g/mol. The van der Waals surface area contributed by atoms with E-state index in [1.807, 2.05) is 11.8 Å². The van der Waals surface area contributed by atoms with Crippen LogP contribution < -0.4 is 5.73 Å². The van der Waals surface area contributed by atoms with Gasteiger partial charge in [-0.2, -0.15) is 0 Å². The molecule has 1 rings (SSSR count). The summed E-state index contributed by atoms with van der Waals surface area (Å²) in [5.74, 6) is 0.0893. The lowest BCUT2D eigenvalue weighted by atomic mass is 10.4. The Balaban J connectivity index is 2.23. The van der Waals surface area contributed by atoms with E-state index < -0.39 is 0 Å². The molecule has 4 nitrogen and oxygen atoms in total. The lowest BCUT2D eigenvalue weighted by Crippen LogP contribution is -2.39. The predicted octanol–water partition coefficient (Wildman–Crippen LogP) is 0.363. The minimum absolute atomic E-state index is 0.0893. The lowest BCUT2D eigenvalue weighted by Gasteiger charge is -2.21. The van der Waals surface area contributed by atoms with Crippen LogP contribution in [0.25, 0.3) is 0 Å². The van der Waals surface area contributed by atoms with Crippen LogP contribution in [0, 0.1) is 0 Å². The number of nitrogens with two attached hydrogens (primary N) is 1. The van der Waals surface area contributed by atoms with Crippen LogP contribution in [0.5, 0.6) is 0 Å². The molecule has 1 fully saturated rings. The van der Waals surface area contributed by atoms with E-state index >= 15 is 0 Å². The number of carbonyl (C=O) groups is 1. The van der Waals surface area contributed by atoms with Gasteiger partial charge in [0.2, 0.25) is 5.91 Å². The molecule has 1 aliphatic rings. The smallest absolute Gasteiger partial charge is 0.248 e. The normalized spacial score (nSPS) is 15.6. The molecule has 0 unspecified atom stereocenters. The molecular formula is C10H20N2O2. The molecule has 0 bridgehead atoms. The molecule has 0 aromatic carbocycles. The number of carbonyl (C=O) groups excluding carboxylic acids is 1. The number of hydrogen-bond acceptors (Lipinski definition) is 3. The van der Waals surface area contributed by atoms with Gasteiger partial charge in [0, 0.05) is 25.7 Å². The fourth-order valence-corrected chi connectivity index (χ4v) is 1.42. The maximum atomic E-state index is 11.6. The largest absolute Gasteiger partial charge is 0.372 e. The van der Waals surface area contributed by atoms with E-state index in [0.29, 0.717) is 25.7 Å². The first-order valence-electron chi connectivity index (χ1n) is 5.36. The average molecular weight is 200 g/mol. The third-order valence-electron chi connectivity index (χ3n) is 2.25. The molecule has 0 saturated heterocycles. The Morgan fingerprint density at radius 2 is 2.29 bits per heavy atom. The summed E-state index contributed by atoms with van der Waals surface area (Å²) in [6.07, 6.45) is 3.20. The van der Waals surface area contributed by atoms with Gasteiger partial charge < -0.3 is 15.4 Å². The van der Waals surface area contributed by atoms with E-state index in [-0.39, 0.29) is 12.5 Å². The molecule has 0 spiro atoms. The van der Waals surface area contributed by atoms with Crippen LogP contribution in [0.2, 0.25) is 0 Å². The van der Waals surface area contributed by atoms with Gasteiger partial charge in [-0.3, -0.25) is 4.79 Å². The Labute approximate surface area is 85.4 Å². The zero-order valence-corrected chi connectivity index (χ0v) is 8.87. The molecule has 0 atom stereocenters. The molecule has 14 heavy (non-hydrogen) atoms. The van der Waals surface area contributed by atoms with Crippen molar-refractivity contribution in [2.45, 2.75) is 32.2 Å². The first-order valence-corrected chi connectivity index (χ1v) is 5.36. The number of ether oxygens (including phenoxy) is 1. The highest BCUT2D eigenvalue weighted by Gasteiger charge is 2.31. The second-order valence-corrected chi connectivity index (χ2v) is 3.66. The average Bonchev–Trinajstić information content (AvgIpc) is 2.98. The van der Waals surface area contributed by atoms with Crippen molar-refractivity contribution in [3.8, 4) is 0 Å². The maximum Gasteiger partial charge on any atom is 0.248 e. The van der Waals surface area contributed by atoms with Gasteiger partial charge in [-0.1, -0.05) is 6.92 Å². The molecule has 82 valence electrons. The molecule has 1 saturated carbocycles. The lowest BCUT2D eigenvalue weighted by molar-refractivity contribution is -0.136. The van der Waals surface area contributed by atoms with E-state index in [9.17, 15) is 4.79 Å². The Kier molecular flexibility index (Phi) is 4.90. The molecule has 4 heteroatoms. The van der Waals surface area contributed by atoms with Gasteiger partial charge in [-0.15, -0.1) is 0 Å². The van der Waals surface area contributed by atoms with Crippen LogP contribution in [0.1, 0.15) is 26.2 Å². The highest BCUT2D eigenvalue weighted by Crippen LogP contribution is 2.26. The van der Waals surface area contributed by atoms with Crippen molar-refractivity contribution in [1.82, 2.24) is 4.90 Å². The maximum absolute atomic E-state index is 11.6. The van der Waals surface area contributed by atoms with Crippen molar-refractivity contribution in [2.24, 2.45) is 5.73 Å². The van der Waals surface area contributed by atoms with E-state index in [1.54, 1.807) is 0 Å². The molecule has 0 radical (unpaired) electrons. The van der Waals surface area contributed by atoms with Gasteiger partial charge in [0.1, 0.15) is 6.61 Å². The third kappa shape index (κ3) is 3.64. The first-order chi connectivity index (χ1) is 6.79. The Morgan fingerprint density at radius 3 is 2.79 bits per heavy atom. The zero-order chi connectivity index (χ0) is 10.4. The summed E-state index contributed by atoms with van der Waals surface area (Å²) in [5, 5.41) is 0. The topological polar surface area (TPSA) is 55.6 Å². The minimum Gasteiger partial charge on any atom is -0.372 e. The molecule has 2 N–H and O–H groups in total. The Bertz CT molecular complexity index is 181. The molecule has 0 aromatic rings. The number of hydrogen-bond donors (Lipinski definition) is 1. The molecule has 0 aromatic heterocycles. The summed E-state index contributed by atoms with van der Waals surface area (Å²) in [6.45, 7) is 4.11. The van der Waals surface area contributed by atoms with Crippen LogP contribution in [0.15, 0.2) is 0 Å². The van der Waals surface area contributed by atoms with Crippen molar-refractivity contribution in [3.05, 3.63) is 0 Å². The van der Waals surface area contributed by atoms with Gasteiger partial charge in [-0.25, -0.2) is 0 Å². The number of amides is 1. The summed E-state index contributed by atoms with van der Waals surface area (Å²) in [7, 11) is 0. The van der Waals surface area contributed by atoms with E-state index in [1.165, 1.54) is 0 Å². The fraction of sp³-hybridized carbons (Fsp3) is 0.900. The van der Waals surface area contributed by atoms with Gasteiger partial charge in [0.25, 0.3) is 0 Å². The van der Waals surface area contributed by atoms with Crippen molar-refractivity contribution in [3.63, 3.8) is 0 Å². The molecule has 1 amide bonds.